The number of hydrogen-bond acceptors (Lipinski definition) is 4. The van der Waals surface area contributed by atoms with Gasteiger partial charge < -0.3 is 5.32 Å². The Morgan fingerprint density at radius 3 is 2.55 bits per heavy atom. The van der Waals surface area contributed by atoms with Gasteiger partial charge >= 0.3 is 11.8 Å². The Bertz CT molecular complexity index is 566. The minimum atomic E-state index is -0.877. The summed E-state index contributed by atoms with van der Waals surface area (Å²) in [4.78, 5) is 34.9. The monoisotopic (exact) mass is 357 g/mol. The molecule has 8 heteroatoms. The third-order valence-corrected chi connectivity index (χ3v) is 4.00. The van der Waals surface area contributed by atoms with Gasteiger partial charge in [0.1, 0.15) is 0 Å². The standard InChI is InChI=1S/C12H12BrN3O3S/c13-9-5-3-8(20-9)4-6-10(17)15-16-12(19)11(18)14-7-1-2-7/h3-7H,1-2H2,(H,14,18)(H,15,17)(H,16,19)/b6-4+. The number of hydrazine groups is 1. The van der Waals surface area contributed by atoms with E-state index in [-0.39, 0.29) is 6.04 Å². The molecule has 3 amide bonds. The number of carbonyl (C=O) groups excluding carboxylic acids is 3. The first-order valence-corrected chi connectivity index (χ1v) is 7.50. The molecule has 0 aromatic carbocycles. The highest BCUT2D eigenvalue weighted by atomic mass is 79.9. The van der Waals surface area contributed by atoms with Crippen LogP contribution < -0.4 is 16.2 Å². The number of nitrogens with one attached hydrogen (secondary N) is 3. The van der Waals surface area contributed by atoms with Crippen LogP contribution in [-0.2, 0) is 14.4 Å². The van der Waals surface area contributed by atoms with Crippen molar-refractivity contribution in [1.29, 1.82) is 0 Å². The molecule has 1 saturated carbocycles. The predicted molar refractivity (Wildman–Crippen MR) is 78.5 cm³/mol. The number of amides is 3. The summed E-state index contributed by atoms with van der Waals surface area (Å²) in [7, 11) is 0. The van der Waals surface area contributed by atoms with Crippen molar-refractivity contribution in [3.8, 4) is 0 Å². The van der Waals surface area contributed by atoms with Crippen LogP contribution in [0.4, 0.5) is 0 Å². The van der Waals surface area contributed by atoms with Crippen molar-refractivity contribution in [2.45, 2.75) is 18.9 Å². The van der Waals surface area contributed by atoms with Crippen molar-refractivity contribution in [2.75, 3.05) is 0 Å². The summed E-state index contributed by atoms with van der Waals surface area (Å²) in [6, 6.07) is 3.81. The lowest BCUT2D eigenvalue weighted by molar-refractivity contribution is -0.140. The zero-order chi connectivity index (χ0) is 14.5. The van der Waals surface area contributed by atoms with Crippen molar-refractivity contribution >= 4 is 51.1 Å². The quantitative estimate of drug-likeness (QED) is 0.427. The zero-order valence-electron chi connectivity index (χ0n) is 10.3. The highest BCUT2D eigenvalue weighted by Gasteiger charge is 2.26. The minimum absolute atomic E-state index is 0.0983. The number of rotatable bonds is 3. The van der Waals surface area contributed by atoms with Gasteiger partial charge in [-0.3, -0.25) is 25.2 Å². The lowest BCUT2D eigenvalue weighted by atomic mass is 10.4. The molecule has 20 heavy (non-hydrogen) atoms. The Kier molecular flexibility index (Phi) is 4.91. The third kappa shape index (κ3) is 4.78. The number of hydrogen-bond donors (Lipinski definition) is 3. The third-order valence-electron chi connectivity index (χ3n) is 2.41. The van der Waals surface area contributed by atoms with Crippen LogP contribution in [-0.4, -0.2) is 23.8 Å². The van der Waals surface area contributed by atoms with Crippen molar-refractivity contribution in [2.24, 2.45) is 0 Å². The molecule has 1 heterocycles. The van der Waals surface area contributed by atoms with Crippen LogP contribution in [0.3, 0.4) is 0 Å². The molecule has 6 nitrogen and oxygen atoms in total. The first-order chi connectivity index (χ1) is 9.54. The summed E-state index contributed by atoms with van der Waals surface area (Å²) in [5.74, 6) is -2.13. The van der Waals surface area contributed by atoms with E-state index in [1.54, 1.807) is 6.08 Å². The van der Waals surface area contributed by atoms with E-state index in [4.69, 9.17) is 0 Å². The molecule has 1 fully saturated rings. The fourth-order valence-corrected chi connectivity index (χ4v) is 2.60. The average Bonchev–Trinajstić information content (AvgIpc) is 3.13. The lowest BCUT2D eigenvalue weighted by Crippen LogP contribution is -2.48. The van der Waals surface area contributed by atoms with E-state index in [2.05, 4.69) is 26.7 Å². The summed E-state index contributed by atoms with van der Waals surface area (Å²) in [5.41, 5.74) is 4.19. The van der Waals surface area contributed by atoms with E-state index in [0.717, 1.165) is 21.5 Å². The maximum absolute atomic E-state index is 11.4. The Balaban J connectivity index is 1.72. The lowest BCUT2D eigenvalue weighted by Gasteiger charge is -2.05. The van der Waals surface area contributed by atoms with Crippen molar-refractivity contribution in [1.82, 2.24) is 16.2 Å². The number of halogens is 1. The van der Waals surface area contributed by atoms with Gasteiger partial charge in [-0.15, -0.1) is 11.3 Å². The molecular weight excluding hydrogens is 346 g/mol. The number of thiophene rings is 1. The SMILES string of the molecule is O=C(/C=C/c1ccc(Br)s1)NNC(=O)C(=O)NC1CC1. The van der Waals surface area contributed by atoms with Crippen LogP contribution in [0.15, 0.2) is 22.0 Å². The highest BCUT2D eigenvalue weighted by molar-refractivity contribution is 9.11. The number of carbonyl (C=O) groups is 3. The molecule has 1 aliphatic rings. The first kappa shape index (κ1) is 14.7. The smallest absolute Gasteiger partial charge is 0.327 e. The van der Waals surface area contributed by atoms with Gasteiger partial charge in [0, 0.05) is 17.0 Å². The molecule has 0 radical (unpaired) electrons. The zero-order valence-corrected chi connectivity index (χ0v) is 12.7. The molecule has 0 unspecified atom stereocenters. The van der Waals surface area contributed by atoms with E-state index in [1.165, 1.54) is 17.4 Å². The summed E-state index contributed by atoms with van der Waals surface area (Å²) in [5, 5.41) is 2.51. The Morgan fingerprint density at radius 2 is 1.95 bits per heavy atom. The first-order valence-electron chi connectivity index (χ1n) is 5.89. The van der Waals surface area contributed by atoms with Crippen molar-refractivity contribution < 1.29 is 14.4 Å². The molecule has 1 aromatic rings. The van der Waals surface area contributed by atoms with E-state index in [0.29, 0.717) is 0 Å². The average molecular weight is 358 g/mol. The molecule has 1 aromatic heterocycles. The molecule has 2 rings (SSSR count). The van der Waals surface area contributed by atoms with Crippen LogP contribution in [0, 0.1) is 0 Å². The van der Waals surface area contributed by atoms with Gasteiger partial charge in [-0.05, 0) is 47.0 Å². The minimum Gasteiger partial charge on any atom is -0.345 e. The Labute approximate surface area is 127 Å². The maximum atomic E-state index is 11.4. The molecule has 0 bridgehead atoms. The van der Waals surface area contributed by atoms with Gasteiger partial charge in [-0.1, -0.05) is 0 Å². The van der Waals surface area contributed by atoms with E-state index >= 15 is 0 Å². The van der Waals surface area contributed by atoms with E-state index < -0.39 is 17.7 Å². The van der Waals surface area contributed by atoms with Crippen molar-refractivity contribution in [3.05, 3.63) is 26.9 Å². The molecule has 0 aliphatic heterocycles. The normalized spacial score (nSPS) is 14.1. The molecule has 0 saturated heterocycles. The highest BCUT2D eigenvalue weighted by Crippen LogP contribution is 2.22. The van der Waals surface area contributed by atoms with Crippen LogP contribution in [0.5, 0.6) is 0 Å². The summed E-state index contributed by atoms with van der Waals surface area (Å²) in [6.07, 6.45) is 4.67. The van der Waals surface area contributed by atoms with Crippen LogP contribution >= 0.6 is 27.3 Å². The topological polar surface area (TPSA) is 87.3 Å². The molecule has 3 N–H and O–H groups in total. The van der Waals surface area contributed by atoms with Crippen LogP contribution in [0.2, 0.25) is 0 Å². The Morgan fingerprint density at radius 1 is 1.20 bits per heavy atom. The van der Waals surface area contributed by atoms with Gasteiger partial charge in [-0.25, -0.2) is 0 Å². The second-order valence-electron chi connectivity index (χ2n) is 4.17. The molecule has 1 aliphatic carbocycles. The predicted octanol–water partition coefficient (Wildman–Crippen LogP) is 0.950. The summed E-state index contributed by atoms with van der Waals surface area (Å²) in [6.45, 7) is 0. The molecular formula is C12H12BrN3O3S. The fourth-order valence-electron chi connectivity index (χ4n) is 1.27. The van der Waals surface area contributed by atoms with Crippen LogP contribution in [0.1, 0.15) is 17.7 Å². The van der Waals surface area contributed by atoms with Crippen LogP contribution in [0.25, 0.3) is 6.08 Å². The van der Waals surface area contributed by atoms with Crippen molar-refractivity contribution in [3.63, 3.8) is 0 Å². The largest absolute Gasteiger partial charge is 0.345 e. The fraction of sp³-hybridized carbons (Fsp3) is 0.250. The summed E-state index contributed by atoms with van der Waals surface area (Å²) >= 11 is 4.78. The molecule has 0 atom stereocenters. The molecule has 0 spiro atoms. The second kappa shape index (κ2) is 6.67. The van der Waals surface area contributed by atoms with Gasteiger partial charge in [0.05, 0.1) is 3.79 Å². The van der Waals surface area contributed by atoms with Gasteiger partial charge in [0.15, 0.2) is 0 Å². The van der Waals surface area contributed by atoms with Gasteiger partial charge in [-0.2, -0.15) is 0 Å². The molecule has 106 valence electrons. The Hall–Kier alpha value is -1.67. The maximum Gasteiger partial charge on any atom is 0.327 e. The second-order valence-corrected chi connectivity index (χ2v) is 6.66. The van der Waals surface area contributed by atoms with Gasteiger partial charge in [0.2, 0.25) is 0 Å². The summed E-state index contributed by atoms with van der Waals surface area (Å²) < 4.78 is 0.961. The van der Waals surface area contributed by atoms with E-state index in [9.17, 15) is 14.4 Å². The van der Waals surface area contributed by atoms with Gasteiger partial charge in [0.25, 0.3) is 5.91 Å². The van der Waals surface area contributed by atoms with E-state index in [1.807, 2.05) is 17.6 Å².